The Labute approximate surface area is 85.7 Å². The molecule has 0 fully saturated rings. The highest BCUT2D eigenvalue weighted by atomic mass is 127. The summed E-state index contributed by atoms with van der Waals surface area (Å²) >= 11 is 2.30. The third-order valence-electron chi connectivity index (χ3n) is 1.66. The van der Waals surface area contributed by atoms with E-state index in [1.807, 2.05) is 6.07 Å². The second-order valence-electron chi connectivity index (χ2n) is 2.55. The molecule has 0 saturated carbocycles. The molecular weight excluding hydrogens is 267 g/mol. The highest BCUT2D eigenvalue weighted by molar-refractivity contribution is 14.1. The van der Waals surface area contributed by atoms with E-state index >= 15 is 0 Å². The average Bonchev–Trinajstić information content (AvgIpc) is 2.04. The fourth-order valence-electron chi connectivity index (χ4n) is 0.954. The molecule has 1 aromatic rings. The molecule has 1 aromatic carbocycles. The van der Waals surface area contributed by atoms with Crippen LogP contribution < -0.4 is 4.74 Å². The maximum atomic E-state index is 9.41. The van der Waals surface area contributed by atoms with Crippen LogP contribution in [0.15, 0.2) is 18.2 Å². The molecule has 0 heterocycles. The second kappa shape index (κ2) is 3.98. The number of hydrogen-bond acceptors (Lipinski definition) is 2. The van der Waals surface area contributed by atoms with Crippen molar-refractivity contribution >= 4 is 22.6 Å². The maximum absolute atomic E-state index is 9.41. The standard InChI is InChI=1S/C9H11IO2/c1-6(10)7-3-4-9(12-2)8(11)5-7/h3-6,11H,1-2H3. The van der Waals surface area contributed by atoms with E-state index in [1.54, 1.807) is 19.2 Å². The van der Waals surface area contributed by atoms with E-state index in [1.165, 1.54) is 0 Å². The first kappa shape index (κ1) is 9.64. The van der Waals surface area contributed by atoms with Crippen LogP contribution in [0.1, 0.15) is 16.4 Å². The summed E-state index contributed by atoms with van der Waals surface area (Å²) in [5, 5.41) is 9.41. The molecule has 2 nitrogen and oxygen atoms in total. The number of alkyl halides is 1. The number of rotatable bonds is 2. The molecule has 1 rings (SSSR count). The Morgan fingerprint density at radius 1 is 1.50 bits per heavy atom. The smallest absolute Gasteiger partial charge is 0.160 e. The van der Waals surface area contributed by atoms with Crippen LogP contribution in [0.4, 0.5) is 0 Å². The lowest BCUT2D eigenvalue weighted by Crippen LogP contribution is -1.87. The van der Waals surface area contributed by atoms with Crippen molar-refractivity contribution in [1.82, 2.24) is 0 Å². The molecule has 0 saturated heterocycles. The number of hydrogen-bond donors (Lipinski definition) is 1. The Morgan fingerprint density at radius 2 is 2.17 bits per heavy atom. The molecule has 0 aliphatic heterocycles. The van der Waals surface area contributed by atoms with Crippen LogP contribution in [0.25, 0.3) is 0 Å². The van der Waals surface area contributed by atoms with Crippen molar-refractivity contribution in [2.24, 2.45) is 0 Å². The molecule has 3 heteroatoms. The lowest BCUT2D eigenvalue weighted by atomic mass is 10.1. The van der Waals surface area contributed by atoms with Gasteiger partial charge in [-0.15, -0.1) is 0 Å². The third-order valence-corrected chi connectivity index (χ3v) is 2.38. The summed E-state index contributed by atoms with van der Waals surface area (Å²) in [6, 6.07) is 5.46. The van der Waals surface area contributed by atoms with Gasteiger partial charge in [0.05, 0.1) is 7.11 Å². The van der Waals surface area contributed by atoms with Gasteiger partial charge in [-0.05, 0) is 24.6 Å². The molecule has 12 heavy (non-hydrogen) atoms. The van der Waals surface area contributed by atoms with Crippen LogP contribution in [0.2, 0.25) is 0 Å². The van der Waals surface area contributed by atoms with Gasteiger partial charge < -0.3 is 9.84 Å². The van der Waals surface area contributed by atoms with Gasteiger partial charge in [-0.3, -0.25) is 0 Å². The van der Waals surface area contributed by atoms with Crippen molar-refractivity contribution in [2.75, 3.05) is 7.11 Å². The SMILES string of the molecule is COc1ccc(C(C)I)cc1O. The van der Waals surface area contributed by atoms with E-state index < -0.39 is 0 Å². The summed E-state index contributed by atoms with van der Waals surface area (Å²) in [6.07, 6.45) is 0. The second-order valence-corrected chi connectivity index (χ2v) is 4.42. The Morgan fingerprint density at radius 3 is 2.58 bits per heavy atom. The molecule has 66 valence electrons. The minimum atomic E-state index is 0.207. The van der Waals surface area contributed by atoms with Gasteiger partial charge in [-0.1, -0.05) is 28.7 Å². The number of methoxy groups -OCH3 is 1. The first-order valence-electron chi connectivity index (χ1n) is 3.66. The molecule has 1 N–H and O–H groups in total. The summed E-state index contributed by atoms with van der Waals surface area (Å²) in [5.74, 6) is 0.731. The third kappa shape index (κ3) is 2.03. The topological polar surface area (TPSA) is 29.5 Å². The van der Waals surface area contributed by atoms with Crippen LogP contribution in [-0.4, -0.2) is 12.2 Å². The molecule has 0 aliphatic carbocycles. The summed E-state index contributed by atoms with van der Waals surface area (Å²) in [4.78, 5) is 0. The van der Waals surface area contributed by atoms with E-state index in [9.17, 15) is 5.11 Å². The molecule has 0 aromatic heterocycles. The van der Waals surface area contributed by atoms with Gasteiger partial charge in [0.2, 0.25) is 0 Å². The average molecular weight is 278 g/mol. The molecule has 0 aliphatic rings. The van der Waals surface area contributed by atoms with Gasteiger partial charge >= 0.3 is 0 Å². The molecule has 1 atom stereocenters. The van der Waals surface area contributed by atoms with Crippen molar-refractivity contribution in [3.05, 3.63) is 23.8 Å². The van der Waals surface area contributed by atoms with Gasteiger partial charge in [0, 0.05) is 3.92 Å². The normalized spacial score (nSPS) is 12.6. The van der Waals surface area contributed by atoms with Crippen molar-refractivity contribution in [3.8, 4) is 11.5 Å². The minimum Gasteiger partial charge on any atom is -0.504 e. The minimum absolute atomic E-state index is 0.207. The molecule has 0 bridgehead atoms. The van der Waals surface area contributed by atoms with Crippen molar-refractivity contribution in [3.63, 3.8) is 0 Å². The van der Waals surface area contributed by atoms with Crippen LogP contribution in [-0.2, 0) is 0 Å². The van der Waals surface area contributed by atoms with Gasteiger partial charge in [0.25, 0.3) is 0 Å². The maximum Gasteiger partial charge on any atom is 0.160 e. The summed E-state index contributed by atoms with van der Waals surface area (Å²) in [5.41, 5.74) is 1.11. The first-order valence-corrected chi connectivity index (χ1v) is 4.90. The summed E-state index contributed by atoms with van der Waals surface area (Å²) < 4.78 is 5.33. The van der Waals surface area contributed by atoms with Gasteiger partial charge in [0.1, 0.15) is 0 Å². The lowest BCUT2D eigenvalue weighted by Gasteiger charge is -2.07. The largest absolute Gasteiger partial charge is 0.504 e. The fraction of sp³-hybridized carbons (Fsp3) is 0.333. The van der Waals surface area contributed by atoms with Gasteiger partial charge in [0.15, 0.2) is 11.5 Å². The fourth-order valence-corrected chi connectivity index (χ4v) is 1.34. The van der Waals surface area contributed by atoms with E-state index in [-0.39, 0.29) is 5.75 Å². The van der Waals surface area contributed by atoms with Crippen LogP contribution >= 0.6 is 22.6 Å². The lowest BCUT2D eigenvalue weighted by molar-refractivity contribution is 0.373. The zero-order valence-corrected chi connectivity index (χ0v) is 9.20. The first-order chi connectivity index (χ1) is 5.65. The van der Waals surface area contributed by atoms with E-state index in [2.05, 4.69) is 29.5 Å². The van der Waals surface area contributed by atoms with Crippen molar-refractivity contribution in [1.29, 1.82) is 0 Å². The molecule has 1 unspecified atom stereocenters. The highest BCUT2D eigenvalue weighted by Crippen LogP contribution is 2.31. The predicted molar refractivity (Wildman–Crippen MR) is 57.1 cm³/mol. The summed E-state index contributed by atoms with van der Waals surface area (Å²) in [7, 11) is 1.54. The van der Waals surface area contributed by atoms with Crippen LogP contribution in [0, 0.1) is 0 Å². The Balaban J connectivity index is 3.02. The zero-order valence-electron chi connectivity index (χ0n) is 7.04. The Hall–Kier alpha value is -0.450. The monoisotopic (exact) mass is 278 g/mol. The number of benzene rings is 1. The van der Waals surface area contributed by atoms with Crippen molar-refractivity contribution < 1.29 is 9.84 Å². The van der Waals surface area contributed by atoms with E-state index in [0.29, 0.717) is 9.67 Å². The molecule has 0 amide bonds. The van der Waals surface area contributed by atoms with E-state index in [0.717, 1.165) is 5.56 Å². The highest BCUT2D eigenvalue weighted by Gasteiger charge is 2.05. The molecular formula is C9H11IO2. The predicted octanol–water partition coefficient (Wildman–Crippen LogP) is 2.90. The van der Waals surface area contributed by atoms with Gasteiger partial charge in [-0.25, -0.2) is 0 Å². The number of ether oxygens (including phenoxy) is 1. The summed E-state index contributed by atoms with van der Waals surface area (Å²) in [6.45, 7) is 2.07. The molecule has 0 spiro atoms. The van der Waals surface area contributed by atoms with Gasteiger partial charge in [-0.2, -0.15) is 0 Å². The van der Waals surface area contributed by atoms with E-state index in [4.69, 9.17) is 4.74 Å². The zero-order chi connectivity index (χ0) is 9.14. The number of phenols is 1. The number of aromatic hydroxyl groups is 1. The Bertz CT molecular complexity index is 271. The van der Waals surface area contributed by atoms with Crippen LogP contribution in [0.3, 0.4) is 0 Å². The van der Waals surface area contributed by atoms with Crippen molar-refractivity contribution in [2.45, 2.75) is 10.8 Å². The quantitative estimate of drug-likeness (QED) is 0.665. The molecule has 0 radical (unpaired) electrons. The Kier molecular flexibility index (Phi) is 3.20. The van der Waals surface area contributed by atoms with Crippen LogP contribution in [0.5, 0.6) is 11.5 Å². The number of phenolic OH excluding ortho intramolecular Hbond substituents is 1. The number of halogens is 1.